The maximum Gasteiger partial charge on any atom is 0.322 e. The molecular weight excluding hydrogens is 292 g/mol. The molecule has 1 atom stereocenters. The number of urea groups is 1. The summed E-state index contributed by atoms with van der Waals surface area (Å²) in [5, 5.41) is 12.2. The van der Waals surface area contributed by atoms with Gasteiger partial charge in [-0.15, -0.1) is 0 Å². The first-order valence-electron chi connectivity index (χ1n) is 7.78. The molecule has 0 saturated carbocycles. The molecule has 1 aliphatic rings. The molecule has 0 spiro atoms. The molecule has 0 radical (unpaired) electrons. The number of nitrogens with one attached hydrogen (secondary N) is 1. The van der Waals surface area contributed by atoms with Crippen molar-refractivity contribution in [2.75, 3.05) is 18.5 Å². The van der Waals surface area contributed by atoms with Gasteiger partial charge in [0.1, 0.15) is 11.5 Å². The highest BCUT2D eigenvalue weighted by atomic mass is 16.5. The summed E-state index contributed by atoms with van der Waals surface area (Å²) < 4.78 is 5.76. The molecule has 2 N–H and O–H groups in total. The number of hydrogen-bond donors (Lipinski definition) is 2. The smallest absolute Gasteiger partial charge is 0.322 e. The molecule has 5 heteroatoms. The van der Waals surface area contributed by atoms with Crippen molar-refractivity contribution in [3.8, 4) is 11.5 Å². The number of anilines is 1. The first-order valence-corrected chi connectivity index (χ1v) is 7.78. The normalized spacial score (nSPS) is 17.1. The van der Waals surface area contributed by atoms with Crippen LogP contribution in [0.25, 0.3) is 0 Å². The van der Waals surface area contributed by atoms with Gasteiger partial charge in [0, 0.05) is 18.3 Å². The van der Waals surface area contributed by atoms with E-state index >= 15 is 0 Å². The van der Waals surface area contributed by atoms with Gasteiger partial charge in [-0.25, -0.2) is 4.79 Å². The second-order valence-electron chi connectivity index (χ2n) is 5.55. The van der Waals surface area contributed by atoms with E-state index in [1.165, 1.54) is 0 Å². The number of amides is 2. The van der Waals surface area contributed by atoms with Crippen LogP contribution in [0, 0.1) is 0 Å². The standard InChI is InChI=1S/C18H20N2O3/c21-13-15-7-5-11-20(15)18(22)19-14-6-4-10-17(12-14)23-16-8-2-1-3-9-16/h1-4,6,8-10,12,15,21H,5,7,11,13H2,(H,19,22)/t15-/m0/s1. The first-order chi connectivity index (χ1) is 11.3. The van der Waals surface area contributed by atoms with Gasteiger partial charge in [0.15, 0.2) is 0 Å². The van der Waals surface area contributed by atoms with Gasteiger partial charge in [-0.2, -0.15) is 0 Å². The van der Waals surface area contributed by atoms with E-state index in [4.69, 9.17) is 4.74 Å². The van der Waals surface area contributed by atoms with Gasteiger partial charge in [0.05, 0.1) is 12.6 Å². The van der Waals surface area contributed by atoms with Gasteiger partial charge in [0.2, 0.25) is 0 Å². The summed E-state index contributed by atoms with van der Waals surface area (Å²) in [6.07, 6.45) is 1.77. The summed E-state index contributed by atoms with van der Waals surface area (Å²) in [6, 6.07) is 16.5. The maximum atomic E-state index is 12.3. The van der Waals surface area contributed by atoms with Crippen molar-refractivity contribution in [1.82, 2.24) is 4.90 Å². The molecule has 1 heterocycles. The van der Waals surface area contributed by atoms with Gasteiger partial charge in [0.25, 0.3) is 0 Å². The van der Waals surface area contributed by atoms with Crippen molar-refractivity contribution >= 4 is 11.7 Å². The third-order valence-electron chi connectivity index (χ3n) is 3.91. The molecule has 0 bridgehead atoms. The Morgan fingerprint density at radius 3 is 2.74 bits per heavy atom. The van der Waals surface area contributed by atoms with E-state index in [2.05, 4.69) is 5.32 Å². The minimum atomic E-state index is -0.182. The quantitative estimate of drug-likeness (QED) is 0.908. The summed E-state index contributed by atoms with van der Waals surface area (Å²) >= 11 is 0. The lowest BCUT2D eigenvalue weighted by Gasteiger charge is -2.23. The Labute approximate surface area is 135 Å². The van der Waals surface area contributed by atoms with Gasteiger partial charge in [-0.1, -0.05) is 24.3 Å². The van der Waals surface area contributed by atoms with E-state index in [0.717, 1.165) is 18.6 Å². The molecule has 0 aromatic heterocycles. The third-order valence-corrected chi connectivity index (χ3v) is 3.91. The number of ether oxygens (including phenoxy) is 1. The number of rotatable bonds is 4. The molecule has 1 fully saturated rings. The van der Waals surface area contributed by atoms with Gasteiger partial charge >= 0.3 is 6.03 Å². The van der Waals surface area contributed by atoms with Crippen molar-refractivity contribution in [2.24, 2.45) is 0 Å². The van der Waals surface area contributed by atoms with E-state index in [9.17, 15) is 9.90 Å². The number of para-hydroxylation sites is 1. The van der Waals surface area contributed by atoms with E-state index in [-0.39, 0.29) is 18.7 Å². The van der Waals surface area contributed by atoms with Gasteiger partial charge in [-0.3, -0.25) is 0 Å². The van der Waals surface area contributed by atoms with Crippen LogP contribution in [0.5, 0.6) is 11.5 Å². The Morgan fingerprint density at radius 2 is 1.96 bits per heavy atom. The molecular formula is C18H20N2O3. The molecule has 5 nitrogen and oxygen atoms in total. The number of carbonyl (C=O) groups is 1. The van der Waals surface area contributed by atoms with Crippen LogP contribution in [0.3, 0.4) is 0 Å². The average Bonchev–Trinajstić information content (AvgIpc) is 3.05. The van der Waals surface area contributed by atoms with Gasteiger partial charge < -0.3 is 20.1 Å². The predicted molar refractivity (Wildman–Crippen MR) is 88.8 cm³/mol. The molecule has 0 aliphatic carbocycles. The number of carbonyl (C=O) groups excluding carboxylic acids is 1. The minimum Gasteiger partial charge on any atom is -0.457 e. The third kappa shape index (κ3) is 3.81. The Hall–Kier alpha value is -2.53. The van der Waals surface area contributed by atoms with Crippen molar-refractivity contribution in [1.29, 1.82) is 0 Å². The number of nitrogens with zero attached hydrogens (tertiary/aromatic N) is 1. The molecule has 23 heavy (non-hydrogen) atoms. The van der Waals surface area contributed by atoms with Gasteiger partial charge in [-0.05, 0) is 37.1 Å². The highest BCUT2D eigenvalue weighted by Gasteiger charge is 2.27. The number of aliphatic hydroxyl groups is 1. The predicted octanol–water partition coefficient (Wildman–Crippen LogP) is 3.47. The zero-order chi connectivity index (χ0) is 16.1. The fourth-order valence-corrected chi connectivity index (χ4v) is 2.75. The van der Waals surface area contributed by atoms with E-state index in [0.29, 0.717) is 18.0 Å². The topological polar surface area (TPSA) is 61.8 Å². The largest absolute Gasteiger partial charge is 0.457 e. The lowest BCUT2D eigenvalue weighted by molar-refractivity contribution is 0.166. The van der Waals surface area contributed by atoms with E-state index < -0.39 is 0 Å². The average molecular weight is 312 g/mol. The second-order valence-corrected chi connectivity index (χ2v) is 5.55. The van der Waals surface area contributed by atoms with Crippen molar-refractivity contribution in [2.45, 2.75) is 18.9 Å². The van der Waals surface area contributed by atoms with Crippen LogP contribution in [-0.2, 0) is 0 Å². The summed E-state index contributed by atoms with van der Waals surface area (Å²) in [7, 11) is 0. The second kappa shape index (κ2) is 7.15. The van der Waals surface area contributed by atoms with E-state index in [1.54, 1.807) is 11.0 Å². The summed E-state index contributed by atoms with van der Waals surface area (Å²) in [5.74, 6) is 1.41. The molecule has 120 valence electrons. The highest BCUT2D eigenvalue weighted by molar-refractivity contribution is 5.90. The molecule has 3 rings (SSSR count). The fraction of sp³-hybridized carbons (Fsp3) is 0.278. The highest BCUT2D eigenvalue weighted by Crippen LogP contribution is 2.25. The van der Waals surface area contributed by atoms with Crippen LogP contribution >= 0.6 is 0 Å². The monoisotopic (exact) mass is 312 g/mol. The molecule has 2 aromatic rings. The molecule has 1 saturated heterocycles. The fourth-order valence-electron chi connectivity index (χ4n) is 2.75. The number of likely N-dealkylation sites (tertiary alicyclic amines) is 1. The Kier molecular flexibility index (Phi) is 4.78. The van der Waals surface area contributed by atoms with E-state index in [1.807, 2.05) is 48.5 Å². The zero-order valence-electron chi connectivity index (χ0n) is 12.8. The Bertz CT molecular complexity index is 660. The van der Waals surface area contributed by atoms with Crippen LogP contribution < -0.4 is 10.1 Å². The minimum absolute atomic E-state index is 0.00454. The summed E-state index contributed by atoms with van der Waals surface area (Å²) in [6.45, 7) is 0.682. The number of hydrogen-bond acceptors (Lipinski definition) is 3. The van der Waals surface area contributed by atoms with Crippen LogP contribution in [0.1, 0.15) is 12.8 Å². The lowest BCUT2D eigenvalue weighted by atomic mass is 10.2. The lowest BCUT2D eigenvalue weighted by Crippen LogP contribution is -2.40. The maximum absolute atomic E-state index is 12.3. The Morgan fingerprint density at radius 1 is 1.17 bits per heavy atom. The molecule has 1 aliphatic heterocycles. The van der Waals surface area contributed by atoms with Crippen LogP contribution in [0.15, 0.2) is 54.6 Å². The number of aliphatic hydroxyl groups excluding tert-OH is 1. The van der Waals surface area contributed by atoms with Crippen molar-refractivity contribution in [3.63, 3.8) is 0 Å². The SMILES string of the molecule is O=C(Nc1cccc(Oc2ccccc2)c1)N1CCC[C@H]1CO. The van der Waals surface area contributed by atoms with Crippen molar-refractivity contribution < 1.29 is 14.6 Å². The van der Waals surface area contributed by atoms with Crippen LogP contribution in [-0.4, -0.2) is 35.2 Å². The number of benzene rings is 2. The summed E-state index contributed by atoms with van der Waals surface area (Å²) in [5.41, 5.74) is 0.673. The first kappa shape index (κ1) is 15.4. The zero-order valence-corrected chi connectivity index (χ0v) is 12.8. The summed E-state index contributed by atoms with van der Waals surface area (Å²) in [4.78, 5) is 14.0. The molecule has 2 aromatic carbocycles. The van der Waals surface area contributed by atoms with Crippen molar-refractivity contribution in [3.05, 3.63) is 54.6 Å². The molecule has 0 unspecified atom stereocenters. The molecule has 2 amide bonds. The Balaban J connectivity index is 1.66. The van der Waals surface area contributed by atoms with Crippen LogP contribution in [0.2, 0.25) is 0 Å². The van der Waals surface area contributed by atoms with Crippen LogP contribution in [0.4, 0.5) is 10.5 Å².